The van der Waals surface area contributed by atoms with E-state index in [9.17, 15) is 28.1 Å². The molecular formula is C18H19N3O8S. The van der Waals surface area contributed by atoms with Gasteiger partial charge in [-0.25, -0.2) is 8.42 Å². The lowest BCUT2D eigenvalue weighted by molar-refractivity contribution is -0.384. The van der Waals surface area contributed by atoms with Crippen LogP contribution in [0.5, 0.6) is 5.75 Å². The van der Waals surface area contributed by atoms with Crippen LogP contribution in [0.2, 0.25) is 0 Å². The van der Waals surface area contributed by atoms with Crippen LogP contribution in [-0.4, -0.2) is 46.0 Å². The molecule has 0 aliphatic rings. The number of sulfonamides is 1. The second-order valence-electron chi connectivity index (χ2n) is 5.91. The van der Waals surface area contributed by atoms with E-state index in [-0.39, 0.29) is 22.2 Å². The van der Waals surface area contributed by atoms with E-state index in [0.717, 1.165) is 19.2 Å². The molecule has 0 bridgehead atoms. The fourth-order valence-electron chi connectivity index (χ4n) is 2.51. The lowest BCUT2D eigenvalue weighted by Gasteiger charge is -2.25. The Bertz CT molecular complexity index is 1070. The Morgan fingerprint density at radius 3 is 2.27 bits per heavy atom. The van der Waals surface area contributed by atoms with Gasteiger partial charge >= 0.3 is 5.97 Å². The summed E-state index contributed by atoms with van der Waals surface area (Å²) < 4.78 is 36.9. The van der Waals surface area contributed by atoms with Gasteiger partial charge in [-0.2, -0.15) is 0 Å². The summed E-state index contributed by atoms with van der Waals surface area (Å²) in [5.41, 5.74) is -0.228. The smallest absolute Gasteiger partial charge is 0.326 e. The molecule has 0 saturated carbocycles. The van der Waals surface area contributed by atoms with Crippen molar-refractivity contribution in [2.75, 3.05) is 30.4 Å². The van der Waals surface area contributed by atoms with E-state index in [0.29, 0.717) is 9.99 Å². The monoisotopic (exact) mass is 437 g/mol. The molecule has 0 aliphatic carbocycles. The van der Waals surface area contributed by atoms with Crippen molar-refractivity contribution in [3.63, 3.8) is 0 Å². The topological polar surface area (TPSA) is 145 Å². The highest BCUT2D eigenvalue weighted by Crippen LogP contribution is 2.35. The van der Waals surface area contributed by atoms with E-state index in [2.05, 4.69) is 10.1 Å². The molecule has 0 fully saturated rings. The summed E-state index contributed by atoms with van der Waals surface area (Å²) in [7, 11) is -2.02. The fourth-order valence-corrected chi connectivity index (χ4v) is 3.92. The first kappa shape index (κ1) is 22.6. The third kappa shape index (κ3) is 5.03. The van der Waals surface area contributed by atoms with Gasteiger partial charge in [0.2, 0.25) is 5.91 Å². The summed E-state index contributed by atoms with van der Waals surface area (Å²) in [5.74, 6) is -1.22. The maximum absolute atomic E-state index is 13.3. The molecule has 2 rings (SSSR count). The summed E-state index contributed by atoms with van der Waals surface area (Å²) in [6.45, 7) is 0.557. The van der Waals surface area contributed by atoms with Gasteiger partial charge in [0.1, 0.15) is 18.0 Å². The Balaban J connectivity index is 2.61. The van der Waals surface area contributed by atoms with Gasteiger partial charge in [0.15, 0.2) is 0 Å². The van der Waals surface area contributed by atoms with Crippen molar-refractivity contribution >= 4 is 39.0 Å². The van der Waals surface area contributed by atoms with Gasteiger partial charge in [-0.1, -0.05) is 0 Å². The van der Waals surface area contributed by atoms with Crippen molar-refractivity contribution < 1.29 is 32.4 Å². The Kier molecular flexibility index (Phi) is 6.95. The standard InChI is InChI=1S/C18H19N3O8S/c1-12(22)19-13-4-7-15(8-5-13)30(26,27)20(11-18(23)29-3)16-10-14(21(24)25)6-9-17(16)28-2/h4-10H,11H2,1-3H3,(H,19,22). The molecule has 0 saturated heterocycles. The van der Waals surface area contributed by atoms with Gasteiger partial charge in [0.25, 0.3) is 15.7 Å². The number of methoxy groups -OCH3 is 2. The van der Waals surface area contributed by atoms with Crippen LogP contribution < -0.4 is 14.4 Å². The second-order valence-corrected chi connectivity index (χ2v) is 7.77. The van der Waals surface area contributed by atoms with Crippen molar-refractivity contribution in [3.8, 4) is 5.75 Å². The molecule has 0 atom stereocenters. The number of amides is 1. The molecule has 0 unspecified atom stereocenters. The average molecular weight is 437 g/mol. The molecule has 0 aliphatic heterocycles. The first-order valence-electron chi connectivity index (χ1n) is 8.39. The summed E-state index contributed by atoms with van der Waals surface area (Å²) >= 11 is 0. The third-order valence-corrected chi connectivity index (χ3v) is 5.68. The van der Waals surface area contributed by atoms with Gasteiger partial charge < -0.3 is 14.8 Å². The van der Waals surface area contributed by atoms with Gasteiger partial charge in [-0.15, -0.1) is 0 Å². The van der Waals surface area contributed by atoms with Crippen LogP contribution in [-0.2, 0) is 24.3 Å². The van der Waals surface area contributed by atoms with Gasteiger partial charge in [-0.05, 0) is 30.3 Å². The van der Waals surface area contributed by atoms with Crippen LogP contribution in [0, 0.1) is 10.1 Å². The van der Waals surface area contributed by atoms with Crippen molar-refractivity contribution in [1.29, 1.82) is 0 Å². The Morgan fingerprint density at radius 1 is 1.13 bits per heavy atom. The number of ether oxygens (including phenoxy) is 2. The summed E-state index contributed by atoms with van der Waals surface area (Å²) in [6, 6.07) is 8.57. The minimum Gasteiger partial charge on any atom is -0.495 e. The Morgan fingerprint density at radius 2 is 1.77 bits per heavy atom. The van der Waals surface area contributed by atoms with Gasteiger partial charge in [0.05, 0.1) is 24.0 Å². The number of nitro benzene ring substituents is 1. The fraction of sp³-hybridized carbons (Fsp3) is 0.222. The average Bonchev–Trinajstić information content (AvgIpc) is 2.71. The Labute approximate surface area is 172 Å². The molecule has 0 radical (unpaired) electrons. The molecule has 2 aromatic rings. The van der Waals surface area contributed by atoms with Crippen LogP contribution in [0.25, 0.3) is 0 Å². The quantitative estimate of drug-likeness (QED) is 0.375. The molecule has 1 amide bonds. The molecule has 0 heterocycles. The number of hydrogen-bond acceptors (Lipinski definition) is 8. The second kappa shape index (κ2) is 9.22. The van der Waals surface area contributed by atoms with E-state index >= 15 is 0 Å². The molecule has 11 nitrogen and oxygen atoms in total. The maximum Gasteiger partial charge on any atom is 0.326 e. The lowest BCUT2D eigenvalue weighted by atomic mass is 10.2. The number of anilines is 2. The zero-order valence-electron chi connectivity index (χ0n) is 16.3. The van der Waals surface area contributed by atoms with Crippen LogP contribution in [0.1, 0.15) is 6.92 Å². The highest BCUT2D eigenvalue weighted by atomic mass is 32.2. The predicted molar refractivity (Wildman–Crippen MR) is 107 cm³/mol. The number of benzene rings is 2. The van der Waals surface area contributed by atoms with Gasteiger partial charge in [0, 0.05) is 24.7 Å². The highest BCUT2D eigenvalue weighted by Gasteiger charge is 2.31. The first-order valence-corrected chi connectivity index (χ1v) is 9.83. The third-order valence-electron chi connectivity index (χ3n) is 3.91. The molecule has 1 N–H and O–H groups in total. The molecule has 30 heavy (non-hydrogen) atoms. The van der Waals surface area contributed by atoms with Gasteiger partial charge in [-0.3, -0.25) is 24.0 Å². The van der Waals surface area contributed by atoms with E-state index in [4.69, 9.17) is 4.74 Å². The lowest BCUT2D eigenvalue weighted by Crippen LogP contribution is -2.36. The molecular weight excluding hydrogens is 418 g/mol. The number of nitro groups is 1. The maximum atomic E-state index is 13.3. The molecule has 12 heteroatoms. The van der Waals surface area contributed by atoms with E-state index < -0.39 is 33.1 Å². The summed E-state index contributed by atoms with van der Waals surface area (Å²) in [6.07, 6.45) is 0. The zero-order chi connectivity index (χ0) is 22.5. The molecule has 2 aromatic carbocycles. The Hall–Kier alpha value is -3.67. The number of non-ortho nitro benzene ring substituents is 1. The van der Waals surface area contributed by atoms with Crippen molar-refractivity contribution in [3.05, 3.63) is 52.6 Å². The van der Waals surface area contributed by atoms with Crippen molar-refractivity contribution in [2.24, 2.45) is 0 Å². The minimum absolute atomic E-state index is 0.00273. The largest absolute Gasteiger partial charge is 0.495 e. The van der Waals surface area contributed by atoms with Crippen molar-refractivity contribution in [1.82, 2.24) is 0 Å². The van der Waals surface area contributed by atoms with E-state index in [1.54, 1.807) is 0 Å². The number of carbonyl (C=O) groups excluding carboxylic acids is 2. The predicted octanol–water partition coefficient (Wildman–Crippen LogP) is 1.93. The SMILES string of the molecule is COC(=O)CN(c1cc([N+](=O)[O-])ccc1OC)S(=O)(=O)c1ccc(NC(C)=O)cc1. The van der Waals surface area contributed by atoms with Crippen molar-refractivity contribution in [2.45, 2.75) is 11.8 Å². The normalized spacial score (nSPS) is 10.8. The summed E-state index contributed by atoms with van der Waals surface area (Å²) in [5, 5.41) is 13.7. The number of rotatable bonds is 8. The minimum atomic E-state index is -4.36. The zero-order valence-corrected chi connectivity index (χ0v) is 17.1. The van der Waals surface area contributed by atoms with Crippen LogP contribution in [0.3, 0.4) is 0 Å². The number of nitrogens with zero attached hydrogens (tertiary/aromatic N) is 2. The van der Waals surface area contributed by atoms with E-state index in [1.165, 1.54) is 44.4 Å². The van der Waals surface area contributed by atoms with E-state index in [1.807, 2.05) is 0 Å². The first-order chi connectivity index (χ1) is 14.1. The number of nitrogens with one attached hydrogen (secondary N) is 1. The number of esters is 1. The number of carbonyl (C=O) groups is 2. The van der Waals surface area contributed by atoms with Crippen LogP contribution in [0.15, 0.2) is 47.4 Å². The number of hydrogen-bond donors (Lipinski definition) is 1. The highest BCUT2D eigenvalue weighted by molar-refractivity contribution is 7.92. The molecule has 160 valence electrons. The molecule has 0 spiro atoms. The molecule has 0 aromatic heterocycles. The summed E-state index contributed by atoms with van der Waals surface area (Å²) in [4.78, 5) is 33.3. The van der Waals surface area contributed by atoms with Crippen LogP contribution in [0.4, 0.5) is 17.1 Å². The van der Waals surface area contributed by atoms with Crippen LogP contribution >= 0.6 is 0 Å².